The van der Waals surface area contributed by atoms with E-state index in [-0.39, 0.29) is 0 Å². The highest BCUT2D eigenvalue weighted by Gasteiger charge is 2.10. The Morgan fingerprint density at radius 2 is 2.00 bits per heavy atom. The van der Waals surface area contributed by atoms with E-state index in [1.54, 1.807) is 6.20 Å². The van der Waals surface area contributed by atoms with Crippen molar-refractivity contribution in [2.45, 2.75) is 6.92 Å². The largest absolute Gasteiger partial charge is 0.399 e. The summed E-state index contributed by atoms with van der Waals surface area (Å²) in [4.78, 5) is 8.55. The zero-order valence-corrected chi connectivity index (χ0v) is 10.4. The predicted octanol–water partition coefficient (Wildman–Crippen LogP) is 2.69. The van der Waals surface area contributed by atoms with Gasteiger partial charge in [-0.1, -0.05) is 17.3 Å². The molecule has 19 heavy (non-hydrogen) atoms. The fourth-order valence-corrected chi connectivity index (χ4v) is 1.73. The van der Waals surface area contributed by atoms with E-state index in [2.05, 4.69) is 15.1 Å². The molecule has 0 aliphatic heterocycles. The molecular weight excluding hydrogens is 240 g/mol. The second-order valence-corrected chi connectivity index (χ2v) is 4.24. The van der Waals surface area contributed by atoms with Gasteiger partial charge >= 0.3 is 0 Å². The van der Waals surface area contributed by atoms with Crippen LogP contribution in [0.15, 0.2) is 47.1 Å². The van der Waals surface area contributed by atoms with Gasteiger partial charge in [-0.05, 0) is 31.2 Å². The predicted molar refractivity (Wildman–Crippen MR) is 72.1 cm³/mol. The zero-order chi connectivity index (χ0) is 13.2. The minimum absolute atomic E-state index is 0.449. The van der Waals surface area contributed by atoms with Gasteiger partial charge in [0, 0.05) is 23.1 Å². The van der Waals surface area contributed by atoms with Gasteiger partial charge in [-0.3, -0.25) is 4.98 Å². The molecule has 0 spiro atoms. The van der Waals surface area contributed by atoms with Gasteiger partial charge in [-0.2, -0.15) is 4.98 Å². The number of aryl methyl sites for hydroxylation is 1. The summed E-state index contributed by atoms with van der Waals surface area (Å²) in [5.41, 5.74) is 8.97. The number of nitrogens with two attached hydrogens (primary N) is 1. The van der Waals surface area contributed by atoms with Crippen molar-refractivity contribution in [2.24, 2.45) is 0 Å². The smallest absolute Gasteiger partial charge is 0.259 e. The molecule has 2 aromatic heterocycles. The van der Waals surface area contributed by atoms with Crippen LogP contribution in [-0.4, -0.2) is 15.1 Å². The first kappa shape index (κ1) is 11.4. The van der Waals surface area contributed by atoms with Crippen LogP contribution in [-0.2, 0) is 0 Å². The van der Waals surface area contributed by atoms with Crippen molar-refractivity contribution in [3.8, 4) is 22.8 Å². The third-order valence-electron chi connectivity index (χ3n) is 2.73. The van der Waals surface area contributed by atoms with E-state index in [4.69, 9.17) is 10.3 Å². The lowest BCUT2D eigenvalue weighted by Gasteiger charge is -1.95. The maximum Gasteiger partial charge on any atom is 0.259 e. The summed E-state index contributed by atoms with van der Waals surface area (Å²) in [5.74, 6) is 0.966. The third-order valence-corrected chi connectivity index (χ3v) is 2.73. The summed E-state index contributed by atoms with van der Waals surface area (Å²) < 4.78 is 5.24. The van der Waals surface area contributed by atoms with Gasteiger partial charge in [0.2, 0.25) is 5.82 Å². The second-order valence-electron chi connectivity index (χ2n) is 4.24. The van der Waals surface area contributed by atoms with Gasteiger partial charge in [0.1, 0.15) is 0 Å². The Morgan fingerprint density at radius 1 is 1.11 bits per heavy atom. The summed E-state index contributed by atoms with van der Waals surface area (Å²) in [6.07, 6.45) is 1.71. The van der Waals surface area contributed by atoms with E-state index in [1.807, 2.05) is 43.3 Å². The number of hydrogen-bond donors (Lipinski definition) is 1. The maximum atomic E-state index is 5.73. The lowest BCUT2D eigenvalue weighted by molar-refractivity contribution is 0.432. The molecule has 0 saturated carbocycles. The van der Waals surface area contributed by atoms with Crippen LogP contribution >= 0.6 is 0 Å². The summed E-state index contributed by atoms with van der Waals surface area (Å²) in [6, 6.07) is 11.2. The van der Waals surface area contributed by atoms with Crippen LogP contribution in [0.4, 0.5) is 5.69 Å². The normalized spacial score (nSPS) is 10.6. The molecule has 0 fully saturated rings. The minimum Gasteiger partial charge on any atom is -0.399 e. The standard InChI is InChI=1S/C14H12N4O/c1-9-5-6-11(8-16-9)14-17-13(18-19-14)10-3-2-4-12(15)7-10/h2-8H,15H2,1H3. The molecule has 0 unspecified atom stereocenters. The van der Waals surface area contributed by atoms with E-state index in [0.717, 1.165) is 16.8 Å². The average molecular weight is 252 g/mol. The number of pyridine rings is 1. The minimum atomic E-state index is 0.449. The Labute approximate surface area is 110 Å². The average Bonchev–Trinajstić information content (AvgIpc) is 2.89. The summed E-state index contributed by atoms with van der Waals surface area (Å²) in [5, 5.41) is 3.96. The van der Waals surface area contributed by atoms with E-state index in [0.29, 0.717) is 17.4 Å². The number of nitrogen functional groups attached to an aromatic ring is 1. The Balaban J connectivity index is 1.97. The first-order valence-corrected chi connectivity index (χ1v) is 5.85. The fourth-order valence-electron chi connectivity index (χ4n) is 1.73. The number of anilines is 1. The molecule has 0 atom stereocenters. The van der Waals surface area contributed by atoms with Gasteiger partial charge in [-0.15, -0.1) is 0 Å². The van der Waals surface area contributed by atoms with Crippen molar-refractivity contribution >= 4 is 5.69 Å². The molecule has 3 aromatic rings. The summed E-state index contributed by atoms with van der Waals surface area (Å²) >= 11 is 0. The van der Waals surface area contributed by atoms with Gasteiger partial charge < -0.3 is 10.3 Å². The Morgan fingerprint density at radius 3 is 2.74 bits per heavy atom. The Kier molecular flexibility index (Phi) is 2.72. The van der Waals surface area contributed by atoms with Crippen molar-refractivity contribution in [3.63, 3.8) is 0 Å². The molecule has 2 heterocycles. The Hall–Kier alpha value is -2.69. The van der Waals surface area contributed by atoms with Crippen LogP contribution in [0.2, 0.25) is 0 Å². The molecule has 94 valence electrons. The Bertz CT molecular complexity index is 703. The first-order chi connectivity index (χ1) is 9.22. The van der Waals surface area contributed by atoms with Crippen LogP contribution in [0.5, 0.6) is 0 Å². The number of benzene rings is 1. The van der Waals surface area contributed by atoms with Crippen molar-refractivity contribution in [1.29, 1.82) is 0 Å². The molecule has 0 saturated heterocycles. The highest BCUT2D eigenvalue weighted by Crippen LogP contribution is 2.22. The molecule has 0 amide bonds. The highest BCUT2D eigenvalue weighted by molar-refractivity contribution is 5.62. The SMILES string of the molecule is Cc1ccc(-c2nc(-c3cccc(N)c3)no2)cn1. The monoisotopic (exact) mass is 252 g/mol. The van der Waals surface area contributed by atoms with Crippen LogP contribution in [0.1, 0.15) is 5.69 Å². The molecular formula is C14H12N4O. The van der Waals surface area contributed by atoms with Crippen molar-refractivity contribution in [1.82, 2.24) is 15.1 Å². The first-order valence-electron chi connectivity index (χ1n) is 5.85. The zero-order valence-electron chi connectivity index (χ0n) is 10.4. The molecule has 0 aliphatic carbocycles. The van der Waals surface area contributed by atoms with Crippen LogP contribution in [0.25, 0.3) is 22.8 Å². The van der Waals surface area contributed by atoms with Crippen LogP contribution in [0.3, 0.4) is 0 Å². The number of nitrogens with zero attached hydrogens (tertiary/aromatic N) is 3. The molecule has 1 aromatic carbocycles. The van der Waals surface area contributed by atoms with Crippen molar-refractivity contribution in [2.75, 3.05) is 5.73 Å². The third kappa shape index (κ3) is 2.30. The van der Waals surface area contributed by atoms with Crippen LogP contribution < -0.4 is 5.73 Å². The molecule has 5 heteroatoms. The quantitative estimate of drug-likeness (QED) is 0.709. The second kappa shape index (κ2) is 4.53. The van der Waals surface area contributed by atoms with Gasteiger partial charge in [0.15, 0.2) is 0 Å². The molecule has 3 rings (SSSR count). The number of hydrogen-bond acceptors (Lipinski definition) is 5. The molecule has 0 radical (unpaired) electrons. The lowest BCUT2D eigenvalue weighted by Crippen LogP contribution is -1.86. The van der Waals surface area contributed by atoms with E-state index in [9.17, 15) is 0 Å². The van der Waals surface area contributed by atoms with Crippen molar-refractivity contribution < 1.29 is 4.52 Å². The lowest BCUT2D eigenvalue weighted by atomic mass is 10.2. The number of aromatic nitrogens is 3. The molecule has 5 nitrogen and oxygen atoms in total. The summed E-state index contributed by atoms with van der Waals surface area (Å²) in [7, 11) is 0. The topological polar surface area (TPSA) is 77.8 Å². The van der Waals surface area contributed by atoms with E-state index < -0.39 is 0 Å². The van der Waals surface area contributed by atoms with Crippen molar-refractivity contribution in [3.05, 3.63) is 48.3 Å². The van der Waals surface area contributed by atoms with E-state index >= 15 is 0 Å². The van der Waals surface area contributed by atoms with Gasteiger partial charge in [0.25, 0.3) is 5.89 Å². The van der Waals surface area contributed by atoms with Gasteiger partial charge in [-0.25, -0.2) is 0 Å². The molecule has 0 bridgehead atoms. The fraction of sp³-hybridized carbons (Fsp3) is 0.0714. The number of rotatable bonds is 2. The summed E-state index contributed by atoms with van der Waals surface area (Å²) in [6.45, 7) is 1.93. The maximum absolute atomic E-state index is 5.73. The van der Waals surface area contributed by atoms with E-state index in [1.165, 1.54) is 0 Å². The van der Waals surface area contributed by atoms with Crippen LogP contribution in [0, 0.1) is 6.92 Å². The molecule has 2 N–H and O–H groups in total. The van der Waals surface area contributed by atoms with Gasteiger partial charge in [0.05, 0.1) is 5.56 Å². The highest BCUT2D eigenvalue weighted by atomic mass is 16.5. The molecule has 0 aliphatic rings.